The monoisotopic (exact) mass is 407 g/mol. The molecule has 3 aromatic rings. The lowest BCUT2D eigenvalue weighted by Gasteiger charge is -2.35. The van der Waals surface area contributed by atoms with Crippen LogP contribution < -0.4 is 15.0 Å². The van der Waals surface area contributed by atoms with E-state index in [0.29, 0.717) is 5.56 Å². The summed E-state index contributed by atoms with van der Waals surface area (Å²) in [4.78, 5) is 15.5. The minimum Gasteiger partial charge on any atom is -0.495 e. The highest BCUT2D eigenvalue weighted by molar-refractivity contribution is 5.97. The van der Waals surface area contributed by atoms with Crippen LogP contribution in [-0.4, -0.2) is 46.5 Å². The van der Waals surface area contributed by atoms with Gasteiger partial charge in [-0.1, -0.05) is 12.1 Å². The first-order valence-corrected chi connectivity index (χ1v) is 10.4. The molecule has 1 fully saturated rings. The summed E-state index contributed by atoms with van der Waals surface area (Å²) < 4.78 is 9.36. The Morgan fingerprint density at radius 1 is 1.17 bits per heavy atom. The maximum absolute atomic E-state index is 13.2. The number of anilines is 1. The molecule has 1 aromatic carbocycles. The van der Waals surface area contributed by atoms with Crippen molar-refractivity contribution in [2.75, 3.05) is 25.1 Å². The van der Waals surface area contributed by atoms with Crippen LogP contribution in [0.3, 0.4) is 0 Å². The zero-order chi connectivity index (χ0) is 21.3. The van der Waals surface area contributed by atoms with Gasteiger partial charge in [0.05, 0.1) is 19.0 Å². The Hall–Kier alpha value is -3.22. The second-order valence-corrected chi connectivity index (χ2v) is 7.89. The molecular formula is C23H29N5O2. The van der Waals surface area contributed by atoms with Gasteiger partial charge in [0, 0.05) is 37.6 Å². The molecule has 0 aliphatic carbocycles. The van der Waals surface area contributed by atoms with Crippen LogP contribution in [0, 0.1) is 13.8 Å². The van der Waals surface area contributed by atoms with Gasteiger partial charge in [0.1, 0.15) is 17.1 Å². The van der Waals surface area contributed by atoms with Gasteiger partial charge in [0.15, 0.2) is 0 Å². The number of aromatic nitrogens is 3. The molecule has 1 amide bonds. The number of piperidine rings is 1. The smallest absolute Gasteiger partial charge is 0.256 e. The van der Waals surface area contributed by atoms with Crippen molar-refractivity contribution in [3.05, 3.63) is 59.5 Å². The predicted octanol–water partition coefficient (Wildman–Crippen LogP) is 3.24. The third-order valence-electron chi connectivity index (χ3n) is 5.82. The molecule has 1 saturated heterocycles. The first-order chi connectivity index (χ1) is 14.5. The van der Waals surface area contributed by atoms with E-state index in [-0.39, 0.29) is 11.9 Å². The number of ether oxygens (including phenoxy) is 1. The third kappa shape index (κ3) is 3.67. The Labute approximate surface area is 177 Å². The minimum atomic E-state index is -0.0857. The van der Waals surface area contributed by atoms with Crippen molar-refractivity contribution in [2.45, 2.75) is 32.7 Å². The lowest BCUT2D eigenvalue weighted by molar-refractivity contribution is 0.0933. The predicted molar refractivity (Wildman–Crippen MR) is 118 cm³/mol. The highest BCUT2D eigenvalue weighted by Crippen LogP contribution is 2.30. The highest BCUT2D eigenvalue weighted by Gasteiger charge is 2.26. The molecule has 4 rings (SSSR count). The van der Waals surface area contributed by atoms with Crippen LogP contribution in [0.15, 0.2) is 42.6 Å². The number of aryl methyl sites for hydroxylation is 3. The summed E-state index contributed by atoms with van der Waals surface area (Å²) >= 11 is 0. The first kappa shape index (κ1) is 20.1. The third-order valence-corrected chi connectivity index (χ3v) is 5.82. The fourth-order valence-corrected chi connectivity index (χ4v) is 4.33. The maximum Gasteiger partial charge on any atom is 0.256 e. The van der Waals surface area contributed by atoms with Crippen molar-refractivity contribution in [3.8, 4) is 11.6 Å². The van der Waals surface area contributed by atoms with Crippen LogP contribution in [0.2, 0.25) is 0 Å². The van der Waals surface area contributed by atoms with E-state index in [1.165, 1.54) is 0 Å². The number of hydrogen-bond acceptors (Lipinski definition) is 4. The number of amides is 1. The number of benzene rings is 1. The molecule has 0 saturated carbocycles. The molecule has 7 nitrogen and oxygen atoms in total. The Kier molecular flexibility index (Phi) is 5.53. The molecule has 1 N–H and O–H groups in total. The molecule has 0 spiro atoms. The largest absolute Gasteiger partial charge is 0.495 e. The zero-order valence-electron chi connectivity index (χ0n) is 18.1. The van der Waals surface area contributed by atoms with Crippen molar-refractivity contribution in [1.29, 1.82) is 0 Å². The topological polar surface area (TPSA) is 64.3 Å². The lowest BCUT2D eigenvalue weighted by Crippen LogP contribution is -2.48. The number of hydrogen-bond donors (Lipinski definition) is 1. The second kappa shape index (κ2) is 8.26. The van der Waals surface area contributed by atoms with E-state index in [1.54, 1.807) is 18.0 Å². The number of nitrogens with zero attached hydrogens (tertiary/aromatic N) is 4. The summed E-state index contributed by atoms with van der Waals surface area (Å²) in [5.74, 6) is 1.57. The van der Waals surface area contributed by atoms with Crippen LogP contribution >= 0.6 is 0 Å². The van der Waals surface area contributed by atoms with Gasteiger partial charge in [-0.05, 0) is 51.0 Å². The summed E-state index contributed by atoms with van der Waals surface area (Å²) in [6.45, 7) is 5.78. The van der Waals surface area contributed by atoms with Crippen LogP contribution in [0.4, 0.5) is 5.69 Å². The molecule has 0 radical (unpaired) electrons. The standard InChI is InChI=1S/C23H29N5O2/c1-16-11-12-17(2)28(16)23-19(14-24-26(23)3)22(29)25-18-8-7-13-27(15-18)20-9-5-6-10-21(20)30-4/h5-6,9-12,14,18H,7-8,13,15H2,1-4H3,(H,25,29). The SMILES string of the molecule is COc1ccccc1N1CCCC(NC(=O)c2cnn(C)c2-n2c(C)ccc2C)C1. The number of carbonyl (C=O) groups excluding carboxylic acids is 1. The van der Waals surface area contributed by atoms with Gasteiger partial charge in [-0.3, -0.25) is 9.48 Å². The van der Waals surface area contributed by atoms with E-state index in [4.69, 9.17) is 4.74 Å². The molecular weight excluding hydrogens is 378 g/mol. The van der Waals surface area contributed by atoms with Crippen molar-refractivity contribution in [1.82, 2.24) is 19.7 Å². The minimum absolute atomic E-state index is 0.0658. The Bertz CT molecular complexity index is 1030. The molecule has 1 unspecified atom stereocenters. The Morgan fingerprint density at radius 3 is 2.63 bits per heavy atom. The molecule has 2 aromatic heterocycles. The van der Waals surface area contributed by atoms with Crippen molar-refractivity contribution >= 4 is 11.6 Å². The fraction of sp³-hybridized carbons (Fsp3) is 0.391. The van der Waals surface area contributed by atoms with Gasteiger partial charge in [-0.15, -0.1) is 0 Å². The van der Waals surface area contributed by atoms with E-state index in [2.05, 4.69) is 38.1 Å². The molecule has 1 aliphatic heterocycles. The van der Waals surface area contributed by atoms with E-state index >= 15 is 0 Å². The van der Waals surface area contributed by atoms with Crippen molar-refractivity contribution in [2.24, 2.45) is 7.05 Å². The summed E-state index contributed by atoms with van der Waals surface area (Å²) in [7, 11) is 3.56. The Balaban J connectivity index is 1.54. The van der Waals surface area contributed by atoms with Gasteiger partial charge in [-0.25, -0.2) is 0 Å². The van der Waals surface area contributed by atoms with Gasteiger partial charge in [-0.2, -0.15) is 5.10 Å². The van der Waals surface area contributed by atoms with E-state index < -0.39 is 0 Å². The van der Waals surface area contributed by atoms with Crippen LogP contribution in [-0.2, 0) is 7.05 Å². The number of methoxy groups -OCH3 is 1. The number of nitrogens with one attached hydrogen (secondary N) is 1. The van der Waals surface area contributed by atoms with Crippen LogP contribution in [0.25, 0.3) is 5.82 Å². The van der Waals surface area contributed by atoms with E-state index in [1.807, 2.05) is 39.1 Å². The van der Waals surface area contributed by atoms with E-state index in [0.717, 1.165) is 54.6 Å². The highest BCUT2D eigenvalue weighted by atomic mass is 16.5. The van der Waals surface area contributed by atoms with Crippen LogP contribution in [0.1, 0.15) is 34.6 Å². The Morgan fingerprint density at radius 2 is 1.90 bits per heavy atom. The molecule has 1 atom stereocenters. The number of carbonyl (C=O) groups is 1. The fourth-order valence-electron chi connectivity index (χ4n) is 4.33. The normalized spacial score (nSPS) is 16.5. The molecule has 7 heteroatoms. The average Bonchev–Trinajstić information content (AvgIpc) is 3.29. The maximum atomic E-state index is 13.2. The summed E-state index contributed by atoms with van der Waals surface area (Å²) in [6, 6.07) is 12.2. The summed E-state index contributed by atoms with van der Waals surface area (Å²) in [6.07, 6.45) is 3.62. The molecule has 158 valence electrons. The zero-order valence-corrected chi connectivity index (χ0v) is 18.1. The van der Waals surface area contributed by atoms with Crippen LogP contribution in [0.5, 0.6) is 5.75 Å². The van der Waals surface area contributed by atoms with Gasteiger partial charge < -0.3 is 19.5 Å². The summed E-state index contributed by atoms with van der Waals surface area (Å²) in [5, 5.41) is 7.60. The second-order valence-electron chi connectivity index (χ2n) is 7.89. The molecule has 0 bridgehead atoms. The van der Waals surface area contributed by atoms with Crippen molar-refractivity contribution in [3.63, 3.8) is 0 Å². The summed E-state index contributed by atoms with van der Waals surface area (Å²) in [5.41, 5.74) is 3.81. The molecule has 3 heterocycles. The van der Waals surface area contributed by atoms with E-state index in [9.17, 15) is 4.79 Å². The average molecular weight is 408 g/mol. The lowest BCUT2D eigenvalue weighted by atomic mass is 10.0. The number of rotatable bonds is 5. The van der Waals surface area contributed by atoms with Gasteiger partial charge in [0.25, 0.3) is 5.91 Å². The first-order valence-electron chi connectivity index (χ1n) is 10.4. The van der Waals surface area contributed by atoms with Crippen molar-refractivity contribution < 1.29 is 9.53 Å². The number of para-hydroxylation sites is 2. The molecule has 30 heavy (non-hydrogen) atoms. The quantitative estimate of drug-likeness (QED) is 0.705. The van der Waals surface area contributed by atoms with Gasteiger partial charge >= 0.3 is 0 Å². The molecule has 1 aliphatic rings. The van der Waals surface area contributed by atoms with Gasteiger partial charge in [0.2, 0.25) is 0 Å².